The summed E-state index contributed by atoms with van der Waals surface area (Å²) in [5.41, 5.74) is 0.624. The van der Waals surface area contributed by atoms with Crippen molar-refractivity contribution in [2.45, 2.75) is 31.2 Å². The van der Waals surface area contributed by atoms with Gasteiger partial charge in [-0.1, -0.05) is 0 Å². The van der Waals surface area contributed by atoms with E-state index in [-0.39, 0.29) is 17.8 Å². The summed E-state index contributed by atoms with van der Waals surface area (Å²) in [6.45, 7) is 0. The highest BCUT2D eigenvalue weighted by Gasteiger charge is 2.20. The van der Waals surface area contributed by atoms with Crippen molar-refractivity contribution < 1.29 is 9.13 Å². The molecule has 76 valence electrons. The molecule has 0 spiro atoms. The topological polar surface area (TPSA) is 22.1 Å². The molecule has 0 amide bonds. The van der Waals surface area contributed by atoms with Gasteiger partial charge in [0.25, 0.3) is 0 Å². The Morgan fingerprint density at radius 2 is 2.36 bits per heavy atom. The average molecular weight is 216 g/mol. The van der Waals surface area contributed by atoms with Crippen LogP contribution >= 0.6 is 11.6 Å². The number of aromatic nitrogens is 1. The molecule has 0 N–H and O–H groups in total. The summed E-state index contributed by atoms with van der Waals surface area (Å²) in [6.07, 6.45) is 4.71. The van der Waals surface area contributed by atoms with E-state index in [0.29, 0.717) is 11.4 Å². The van der Waals surface area contributed by atoms with E-state index < -0.39 is 0 Å². The van der Waals surface area contributed by atoms with Crippen molar-refractivity contribution in [1.29, 1.82) is 0 Å². The Hall–Kier alpha value is -0.830. The Labute approximate surface area is 87.1 Å². The summed E-state index contributed by atoms with van der Waals surface area (Å²) in [4.78, 5) is 3.89. The molecule has 1 fully saturated rings. The van der Waals surface area contributed by atoms with Crippen LogP contribution in [0.5, 0.6) is 5.88 Å². The highest BCUT2D eigenvalue weighted by atomic mass is 35.5. The molecule has 2 nitrogen and oxygen atoms in total. The minimum absolute atomic E-state index is 0.229. The van der Waals surface area contributed by atoms with Crippen LogP contribution in [-0.2, 0) is 5.88 Å². The Balaban J connectivity index is 2.14. The van der Waals surface area contributed by atoms with Crippen molar-refractivity contribution >= 4 is 11.6 Å². The van der Waals surface area contributed by atoms with E-state index in [2.05, 4.69) is 4.98 Å². The summed E-state index contributed by atoms with van der Waals surface area (Å²) >= 11 is 5.66. The molecule has 0 unspecified atom stereocenters. The normalized spacial score (nSPS) is 16.4. The number of rotatable bonds is 3. The third-order valence-corrected chi connectivity index (χ3v) is 2.65. The van der Waals surface area contributed by atoms with Crippen molar-refractivity contribution in [1.82, 2.24) is 4.98 Å². The van der Waals surface area contributed by atoms with E-state index in [9.17, 15) is 4.39 Å². The van der Waals surface area contributed by atoms with Crippen LogP contribution < -0.4 is 4.74 Å². The van der Waals surface area contributed by atoms with Gasteiger partial charge in [0.1, 0.15) is 11.9 Å². The standard InChI is InChI=1S/C10H11ClFNO/c11-5-7-4-8(12)6-13-10(7)14-9-2-1-3-9/h4,6,9H,1-3,5H2. The molecule has 0 atom stereocenters. The highest BCUT2D eigenvalue weighted by molar-refractivity contribution is 6.17. The van der Waals surface area contributed by atoms with Crippen molar-refractivity contribution in [3.63, 3.8) is 0 Å². The first kappa shape index (κ1) is 9.71. The number of alkyl halides is 1. The molecule has 2 rings (SSSR count). The van der Waals surface area contributed by atoms with Gasteiger partial charge in [-0.25, -0.2) is 9.37 Å². The Kier molecular flexibility index (Phi) is 2.87. The third-order valence-electron chi connectivity index (χ3n) is 2.37. The van der Waals surface area contributed by atoms with Gasteiger partial charge in [0.15, 0.2) is 0 Å². The summed E-state index contributed by atoms with van der Waals surface area (Å²) in [6, 6.07) is 1.37. The maximum absolute atomic E-state index is 12.8. The van der Waals surface area contributed by atoms with Gasteiger partial charge in [-0.3, -0.25) is 0 Å². The zero-order valence-corrected chi connectivity index (χ0v) is 8.43. The van der Waals surface area contributed by atoms with Crippen LogP contribution in [0.15, 0.2) is 12.3 Å². The SMILES string of the molecule is Fc1cnc(OC2CCC2)c(CCl)c1. The molecule has 1 aromatic rings. The number of hydrogen-bond acceptors (Lipinski definition) is 2. The fraction of sp³-hybridized carbons (Fsp3) is 0.500. The molecular formula is C10H11ClFNO. The lowest BCUT2D eigenvalue weighted by molar-refractivity contribution is 0.113. The molecular weight excluding hydrogens is 205 g/mol. The van der Waals surface area contributed by atoms with E-state index in [1.54, 1.807) is 0 Å². The molecule has 0 bridgehead atoms. The number of halogens is 2. The molecule has 0 aromatic carbocycles. The van der Waals surface area contributed by atoms with E-state index in [0.717, 1.165) is 19.0 Å². The number of hydrogen-bond donors (Lipinski definition) is 0. The van der Waals surface area contributed by atoms with Gasteiger partial charge in [-0.05, 0) is 25.3 Å². The van der Waals surface area contributed by atoms with Gasteiger partial charge in [-0.15, -0.1) is 11.6 Å². The zero-order valence-electron chi connectivity index (χ0n) is 7.67. The van der Waals surface area contributed by atoms with Crippen LogP contribution in [0.4, 0.5) is 4.39 Å². The molecule has 1 aliphatic carbocycles. The Morgan fingerprint density at radius 3 is 2.93 bits per heavy atom. The summed E-state index contributed by atoms with van der Waals surface area (Å²) in [7, 11) is 0. The summed E-state index contributed by atoms with van der Waals surface area (Å²) in [5.74, 6) is 0.333. The highest BCUT2D eigenvalue weighted by Crippen LogP contribution is 2.26. The maximum Gasteiger partial charge on any atom is 0.218 e. The van der Waals surface area contributed by atoms with Crippen molar-refractivity contribution in [3.8, 4) is 5.88 Å². The third kappa shape index (κ3) is 1.98. The average Bonchev–Trinajstić information content (AvgIpc) is 2.13. The molecule has 1 heterocycles. The second-order valence-corrected chi connectivity index (χ2v) is 3.69. The predicted molar refractivity (Wildman–Crippen MR) is 52.0 cm³/mol. The molecule has 4 heteroatoms. The first-order valence-electron chi connectivity index (χ1n) is 4.66. The molecule has 0 radical (unpaired) electrons. The van der Waals surface area contributed by atoms with E-state index in [4.69, 9.17) is 16.3 Å². The predicted octanol–water partition coefficient (Wildman–Crippen LogP) is 2.89. The second kappa shape index (κ2) is 4.13. The second-order valence-electron chi connectivity index (χ2n) is 3.42. The molecule has 1 aliphatic rings. The summed E-state index contributed by atoms with van der Waals surface area (Å²) < 4.78 is 18.4. The Bertz CT molecular complexity index is 328. The van der Waals surface area contributed by atoms with Gasteiger partial charge >= 0.3 is 0 Å². The maximum atomic E-state index is 12.8. The van der Waals surface area contributed by atoms with Gasteiger partial charge in [0.05, 0.1) is 12.1 Å². The van der Waals surface area contributed by atoms with Crippen LogP contribution in [0.25, 0.3) is 0 Å². The van der Waals surface area contributed by atoms with Gasteiger partial charge < -0.3 is 4.74 Å². The molecule has 1 saturated carbocycles. The van der Waals surface area contributed by atoms with Gasteiger partial charge in [-0.2, -0.15) is 0 Å². The summed E-state index contributed by atoms with van der Waals surface area (Å²) in [5, 5.41) is 0. The molecule has 0 saturated heterocycles. The number of nitrogens with zero attached hydrogens (tertiary/aromatic N) is 1. The quantitative estimate of drug-likeness (QED) is 0.724. The lowest BCUT2D eigenvalue weighted by Gasteiger charge is -2.26. The number of pyridine rings is 1. The lowest BCUT2D eigenvalue weighted by atomic mass is 9.96. The van der Waals surface area contributed by atoms with Crippen molar-refractivity contribution in [2.24, 2.45) is 0 Å². The van der Waals surface area contributed by atoms with Crippen LogP contribution in [0, 0.1) is 5.82 Å². The van der Waals surface area contributed by atoms with Crippen molar-refractivity contribution in [2.75, 3.05) is 0 Å². The molecule has 0 aliphatic heterocycles. The molecule has 1 aromatic heterocycles. The van der Waals surface area contributed by atoms with E-state index in [1.807, 2.05) is 0 Å². The molecule has 14 heavy (non-hydrogen) atoms. The van der Waals surface area contributed by atoms with Crippen LogP contribution in [-0.4, -0.2) is 11.1 Å². The van der Waals surface area contributed by atoms with Crippen LogP contribution in [0.1, 0.15) is 24.8 Å². The number of ether oxygens (including phenoxy) is 1. The fourth-order valence-electron chi connectivity index (χ4n) is 1.32. The first-order valence-corrected chi connectivity index (χ1v) is 5.20. The minimum Gasteiger partial charge on any atom is -0.474 e. The fourth-order valence-corrected chi connectivity index (χ4v) is 1.51. The van der Waals surface area contributed by atoms with E-state index >= 15 is 0 Å². The Morgan fingerprint density at radius 1 is 1.57 bits per heavy atom. The van der Waals surface area contributed by atoms with Gasteiger partial charge in [0, 0.05) is 5.56 Å². The monoisotopic (exact) mass is 215 g/mol. The van der Waals surface area contributed by atoms with Crippen LogP contribution in [0.2, 0.25) is 0 Å². The smallest absolute Gasteiger partial charge is 0.218 e. The lowest BCUT2D eigenvalue weighted by Crippen LogP contribution is -2.25. The van der Waals surface area contributed by atoms with Crippen molar-refractivity contribution in [3.05, 3.63) is 23.6 Å². The first-order chi connectivity index (χ1) is 6.79. The largest absolute Gasteiger partial charge is 0.474 e. The van der Waals surface area contributed by atoms with Gasteiger partial charge in [0.2, 0.25) is 5.88 Å². The van der Waals surface area contributed by atoms with E-state index in [1.165, 1.54) is 12.5 Å². The van der Waals surface area contributed by atoms with Crippen LogP contribution in [0.3, 0.4) is 0 Å². The minimum atomic E-state index is -0.374. The zero-order chi connectivity index (χ0) is 9.97.